The minimum atomic E-state index is -1.55. The maximum Gasteiger partial charge on any atom is 0.410 e. The van der Waals surface area contributed by atoms with E-state index >= 15 is 0 Å². The number of hydrogen-bond acceptors (Lipinski definition) is 3. The number of hydrogen-bond donors (Lipinski definition) is 1. The highest BCUT2D eigenvalue weighted by Crippen LogP contribution is 2.45. The molecule has 0 aliphatic carbocycles. The Kier molecular flexibility index (Phi) is 4.71. The summed E-state index contributed by atoms with van der Waals surface area (Å²) in [6, 6.07) is 1.10. The van der Waals surface area contributed by atoms with E-state index in [0.29, 0.717) is 12.8 Å². The number of ether oxygens (including phenoxy) is 1. The van der Waals surface area contributed by atoms with Gasteiger partial charge in [0.1, 0.15) is 5.60 Å². The molecule has 144 valence electrons. The Morgan fingerprint density at radius 2 is 1.65 bits per heavy atom. The number of amides is 1. The van der Waals surface area contributed by atoms with Crippen LogP contribution in [0.15, 0.2) is 12.1 Å². The summed E-state index contributed by atoms with van der Waals surface area (Å²) in [7, 11) is 0. The van der Waals surface area contributed by atoms with Gasteiger partial charge < -0.3 is 14.7 Å². The molecule has 1 amide bonds. The molecule has 26 heavy (non-hydrogen) atoms. The molecule has 1 aromatic rings. The molecule has 2 heterocycles. The van der Waals surface area contributed by atoms with Gasteiger partial charge in [-0.1, -0.05) is 0 Å². The smallest absolute Gasteiger partial charge is 0.410 e. The van der Waals surface area contributed by atoms with E-state index < -0.39 is 34.7 Å². The van der Waals surface area contributed by atoms with Crippen molar-refractivity contribution >= 4 is 6.09 Å². The predicted molar refractivity (Wildman–Crippen MR) is 88.9 cm³/mol. The Labute approximate surface area is 150 Å². The van der Waals surface area contributed by atoms with E-state index in [2.05, 4.69) is 0 Å². The van der Waals surface area contributed by atoms with Crippen LogP contribution >= 0.6 is 0 Å². The number of nitrogens with zero attached hydrogens (tertiary/aromatic N) is 1. The second kappa shape index (κ2) is 6.44. The van der Waals surface area contributed by atoms with Crippen molar-refractivity contribution in [2.75, 3.05) is 0 Å². The van der Waals surface area contributed by atoms with Crippen LogP contribution in [0.5, 0.6) is 0 Å². The molecular weight excluding hydrogens is 347 g/mol. The van der Waals surface area contributed by atoms with Crippen LogP contribution in [0.3, 0.4) is 0 Å². The zero-order chi connectivity index (χ0) is 19.3. The fraction of sp³-hybridized carbons (Fsp3) is 0.632. The SMILES string of the molecule is CC(C)(C)OC(=O)N1C2CCCC1CC(O)(c1cc(F)c(F)c(F)c1)C2. The number of fused-ring (bicyclic) bond motifs is 2. The monoisotopic (exact) mass is 371 g/mol. The van der Waals surface area contributed by atoms with Gasteiger partial charge in [-0.2, -0.15) is 0 Å². The molecule has 2 unspecified atom stereocenters. The average molecular weight is 371 g/mol. The van der Waals surface area contributed by atoms with Crippen molar-refractivity contribution < 1.29 is 27.8 Å². The summed E-state index contributed by atoms with van der Waals surface area (Å²) >= 11 is 0. The number of carbonyl (C=O) groups excluding carboxylic acids is 1. The highest BCUT2D eigenvalue weighted by molar-refractivity contribution is 5.69. The van der Waals surface area contributed by atoms with Gasteiger partial charge in [-0.05, 0) is 57.7 Å². The zero-order valence-electron chi connectivity index (χ0n) is 15.2. The topological polar surface area (TPSA) is 49.8 Å². The normalized spacial score (nSPS) is 28.8. The Balaban J connectivity index is 1.88. The second-order valence-electron chi connectivity index (χ2n) is 8.32. The van der Waals surface area contributed by atoms with E-state index in [1.54, 1.807) is 25.7 Å². The van der Waals surface area contributed by atoms with Crippen molar-refractivity contribution in [1.29, 1.82) is 0 Å². The van der Waals surface area contributed by atoms with E-state index in [4.69, 9.17) is 4.74 Å². The second-order valence-corrected chi connectivity index (χ2v) is 8.32. The molecular formula is C19H24F3NO3. The molecule has 0 saturated carbocycles. The molecule has 2 atom stereocenters. The van der Waals surface area contributed by atoms with Gasteiger partial charge in [-0.3, -0.25) is 0 Å². The Morgan fingerprint density at radius 3 is 2.12 bits per heavy atom. The molecule has 1 N–H and O–H groups in total. The van der Waals surface area contributed by atoms with Gasteiger partial charge in [0, 0.05) is 24.9 Å². The highest BCUT2D eigenvalue weighted by Gasteiger charge is 2.49. The summed E-state index contributed by atoms with van der Waals surface area (Å²) in [5.41, 5.74) is -2.14. The summed E-state index contributed by atoms with van der Waals surface area (Å²) in [6.45, 7) is 5.35. The van der Waals surface area contributed by atoms with Crippen LogP contribution in [0.2, 0.25) is 0 Å². The molecule has 2 fully saturated rings. The van der Waals surface area contributed by atoms with E-state index in [1.165, 1.54) is 0 Å². The molecule has 2 saturated heterocycles. The lowest BCUT2D eigenvalue weighted by molar-refractivity contribution is -0.0968. The van der Waals surface area contributed by atoms with Crippen molar-refractivity contribution in [3.63, 3.8) is 0 Å². The molecule has 1 aromatic carbocycles. The lowest BCUT2D eigenvalue weighted by Crippen LogP contribution is -2.59. The number of carbonyl (C=O) groups is 1. The van der Waals surface area contributed by atoms with Gasteiger partial charge in [0.2, 0.25) is 0 Å². The van der Waals surface area contributed by atoms with Crippen LogP contribution in [-0.2, 0) is 10.3 Å². The number of piperidine rings is 2. The third-order valence-corrected chi connectivity index (χ3v) is 5.13. The number of halogens is 3. The van der Waals surface area contributed by atoms with Gasteiger partial charge in [-0.25, -0.2) is 18.0 Å². The van der Waals surface area contributed by atoms with Gasteiger partial charge in [-0.15, -0.1) is 0 Å². The molecule has 0 radical (unpaired) electrons. The molecule has 0 aromatic heterocycles. The van der Waals surface area contributed by atoms with Gasteiger partial charge >= 0.3 is 6.09 Å². The van der Waals surface area contributed by atoms with E-state index in [1.807, 2.05) is 0 Å². The number of aliphatic hydroxyl groups is 1. The summed E-state index contributed by atoms with van der Waals surface area (Å²) < 4.78 is 46.0. The average Bonchev–Trinajstić information content (AvgIpc) is 2.49. The molecule has 2 aliphatic rings. The Morgan fingerprint density at radius 1 is 1.15 bits per heavy atom. The van der Waals surface area contributed by atoms with Crippen LogP contribution in [0.4, 0.5) is 18.0 Å². The molecule has 7 heteroatoms. The highest BCUT2D eigenvalue weighted by atomic mass is 19.2. The fourth-order valence-corrected chi connectivity index (χ4v) is 4.10. The zero-order valence-corrected chi connectivity index (χ0v) is 15.2. The van der Waals surface area contributed by atoms with Crippen LogP contribution in [0, 0.1) is 17.5 Å². The van der Waals surface area contributed by atoms with Crippen molar-refractivity contribution in [3.05, 3.63) is 35.1 Å². The largest absolute Gasteiger partial charge is 0.444 e. The first kappa shape index (κ1) is 19.0. The molecule has 3 rings (SSSR count). The first-order chi connectivity index (χ1) is 12.0. The Hall–Kier alpha value is -1.76. The maximum atomic E-state index is 13.6. The van der Waals surface area contributed by atoms with E-state index in [-0.39, 0.29) is 30.5 Å². The third-order valence-electron chi connectivity index (χ3n) is 5.13. The molecule has 2 aliphatic heterocycles. The van der Waals surface area contributed by atoms with Crippen molar-refractivity contribution in [2.45, 2.75) is 76.2 Å². The maximum absolute atomic E-state index is 13.6. The number of rotatable bonds is 1. The lowest BCUT2D eigenvalue weighted by Gasteiger charge is -2.51. The molecule has 0 spiro atoms. The van der Waals surface area contributed by atoms with Crippen LogP contribution in [0.1, 0.15) is 58.4 Å². The third kappa shape index (κ3) is 3.54. The Bertz CT molecular complexity index is 679. The van der Waals surface area contributed by atoms with Crippen LogP contribution in [-0.4, -0.2) is 33.8 Å². The summed E-state index contributed by atoms with van der Waals surface area (Å²) in [5, 5.41) is 11.1. The standard InChI is InChI=1S/C19H24F3NO3/c1-18(2,3)26-17(24)23-12-5-4-6-13(23)10-19(25,9-12)11-7-14(20)16(22)15(21)8-11/h7-8,12-13,25H,4-6,9-10H2,1-3H3. The van der Waals surface area contributed by atoms with Gasteiger partial charge in [0.05, 0.1) is 5.60 Å². The minimum absolute atomic E-state index is 0.00892. The predicted octanol–water partition coefficient (Wildman–Crippen LogP) is 4.24. The summed E-state index contributed by atoms with van der Waals surface area (Å²) in [6.07, 6.45) is 2.07. The minimum Gasteiger partial charge on any atom is -0.444 e. The van der Waals surface area contributed by atoms with Gasteiger partial charge in [0.15, 0.2) is 17.5 Å². The first-order valence-electron chi connectivity index (χ1n) is 8.89. The lowest BCUT2D eigenvalue weighted by atomic mass is 9.72. The first-order valence-corrected chi connectivity index (χ1v) is 8.89. The fourth-order valence-electron chi connectivity index (χ4n) is 4.10. The summed E-state index contributed by atoms with van der Waals surface area (Å²) in [4.78, 5) is 14.2. The van der Waals surface area contributed by atoms with Crippen molar-refractivity contribution in [3.8, 4) is 0 Å². The number of benzene rings is 1. The van der Waals surface area contributed by atoms with Crippen molar-refractivity contribution in [1.82, 2.24) is 4.90 Å². The van der Waals surface area contributed by atoms with Crippen LogP contribution in [0.25, 0.3) is 0 Å². The molecule has 2 bridgehead atoms. The van der Waals surface area contributed by atoms with Crippen LogP contribution < -0.4 is 0 Å². The van der Waals surface area contributed by atoms with E-state index in [9.17, 15) is 23.1 Å². The summed E-state index contributed by atoms with van der Waals surface area (Å²) in [5.74, 6) is -4.20. The molecule has 4 nitrogen and oxygen atoms in total. The van der Waals surface area contributed by atoms with Crippen molar-refractivity contribution in [2.24, 2.45) is 0 Å². The van der Waals surface area contributed by atoms with Gasteiger partial charge in [0.25, 0.3) is 0 Å². The van der Waals surface area contributed by atoms with E-state index in [0.717, 1.165) is 18.6 Å². The quantitative estimate of drug-likeness (QED) is 0.751.